The average Bonchev–Trinajstić information content (AvgIpc) is 2.44. The summed E-state index contributed by atoms with van der Waals surface area (Å²) in [4.78, 5) is 35.9. The van der Waals surface area contributed by atoms with Gasteiger partial charge in [0.15, 0.2) is 0 Å². The fraction of sp³-hybridized carbons (Fsp3) is 0.250. The van der Waals surface area contributed by atoms with Gasteiger partial charge in [-0.15, -0.1) is 0 Å². The standard InChI is InChI=1S/C20H21O4P/c1-11-7-13(3)17(14(4)8-11)19(21)25(23,24)20(22)18-15(5)9-12(2)10-16(18)6/h7-10H,3H2,1-2,4-6H3/p+1. The van der Waals surface area contributed by atoms with Crippen LogP contribution in [0, 0.1) is 41.5 Å². The Kier molecular flexibility index (Phi) is 5.08. The Hall–Kier alpha value is -2.16. The molecular weight excluding hydrogens is 335 g/mol. The Labute approximate surface area is 148 Å². The van der Waals surface area contributed by atoms with Gasteiger partial charge in [0.2, 0.25) is 0 Å². The molecule has 1 unspecified atom stereocenters. The number of carbonyl (C=O) groups excluding carboxylic acids is 2. The van der Waals surface area contributed by atoms with Crippen LogP contribution in [0.1, 0.15) is 54.1 Å². The first kappa shape index (κ1) is 19.2. The molecule has 25 heavy (non-hydrogen) atoms. The van der Waals surface area contributed by atoms with Gasteiger partial charge in [-0.25, -0.2) is 0 Å². The van der Waals surface area contributed by atoms with Crippen molar-refractivity contribution >= 4 is 18.4 Å². The first-order valence-corrected chi connectivity index (χ1v) is 9.56. The zero-order valence-corrected chi connectivity index (χ0v) is 16.0. The van der Waals surface area contributed by atoms with E-state index in [0.29, 0.717) is 22.3 Å². The monoisotopic (exact) mass is 357 g/mol. The molecule has 0 amide bonds. The molecule has 0 aliphatic heterocycles. The molecule has 0 radical (unpaired) electrons. The Balaban J connectivity index is 2.58. The van der Waals surface area contributed by atoms with Crippen LogP contribution in [0.5, 0.6) is 0 Å². The number of aryl methyl sites for hydroxylation is 5. The summed E-state index contributed by atoms with van der Waals surface area (Å²) in [5.74, 6) is 0. The van der Waals surface area contributed by atoms with E-state index in [9.17, 15) is 19.0 Å². The molecule has 0 spiro atoms. The third kappa shape index (κ3) is 3.46. The van der Waals surface area contributed by atoms with Gasteiger partial charge >= 0.3 is 12.9 Å². The molecular formula is C20H22O4P+. The number of hydrogen-bond donors (Lipinski definition) is 1. The first-order valence-electron chi connectivity index (χ1n) is 7.90. The molecule has 0 aromatic heterocycles. The maximum atomic E-state index is 12.8. The molecule has 0 saturated heterocycles. The molecule has 0 saturated carbocycles. The lowest BCUT2D eigenvalue weighted by atomic mass is 10.0. The second-order valence-corrected chi connectivity index (χ2v) is 8.54. The molecule has 0 bridgehead atoms. The molecule has 0 aliphatic rings. The van der Waals surface area contributed by atoms with E-state index in [1.807, 2.05) is 13.8 Å². The summed E-state index contributed by atoms with van der Waals surface area (Å²) in [7, 11) is -4.77. The molecule has 0 fully saturated rings. The van der Waals surface area contributed by atoms with Crippen molar-refractivity contribution in [3.05, 3.63) is 75.7 Å². The summed E-state index contributed by atoms with van der Waals surface area (Å²) in [6, 6.07) is 6.91. The highest BCUT2D eigenvalue weighted by molar-refractivity contribution is 7.91. The lowest BCUT2D eigenvalue weighted by molar-refractivity contribution is 0.101. The van der Waals surface area contributed by atoms with Crippen molar-refractivity contribution in [2.24, 2.45) is 0 Å². The molecule has 5 heteroatoms. The van der Waals surface area contributed by atoms with Crippen molar-refractivity contribution < 1.29 is 19.0 Å². The van der Waals surface area contributed by atoms with Crippen molar-refractivity contribution in [2.45, 2.75) is 34.6 Å². The van der Waals surface area contributed by atoms with E-state index < -0.39 is 18.4 Å². The largest absolute Gasteiger partial charge is 0.351 e. The minimum absolute atomic E-state index is 0.0483. The van der Waals surface area contributed by atoms with Gasteiger partial charge in [0, 0.05) is 29.7 Å². The summed E-state index contributed by atoms with van der Waals surface area (Å²) in [6.07, 6.45) is 0. The number of hydrogen-bond acceptors (Lipinski definition) is 3. The van der Waals surface area contributed by atoms with Crippen LogP contribution in [-0.2, 0) is 4.57 Å². The minimum Gasteiger partial charge on any atom is -0.333 e. The van der Waals surface area contributed by atoms with Crippen molar-refractivity contribution in [3.8, 4) is 0 Å². The smallest absolute Gasteiger partial charge is 0.333 e. The highest BCUT2D eigenvalue weighted by atomic mass is 31.2. The molecule has 1 N–H and O–H groups in total. The van der Waals surface area contributed by atoms with E-state index in [-0.39, 0.29) is 11.1 Å². The van der Waals surface area contributed by atoms with E-state index in [1.165, 1.54) is 0 Å². The van der Waals surface area contributed by atoms with Crippen molar-refractivity contribution in [1.82, 2.24) is 0 Å². The van der Waals surface area contributed by atoms with Crippen molar-refractivity contribution in [1.29, 1.82) is 0 Å². The fourth-order valence-electron chi connectivity index (χ4n) is 3.27. The van der Waals surface area contributed by atoms with Crippen LogP contribution in [-0.4, -0.2) is 15.9 Å². The SMILES string of the molecule is [CH2+]c1cc(C)cc(C)c1C(=O)P(=O)(O)C(=O)c1c(C)cc(C)cc1C. The highest BCUT2D eigenvalue weighted by Gasteiger charge is 2.44. The van der Waals surface area contributed by atoms with Crippen LogP contribution in [0.4, 0.5) is 0 Å². The van der Waals surface area contributed by atoms with Crippen LogP contribution in [0.2, 0.25) is 0 Å². The summed E-state index contributed by atoms with van der Waals surface area (Å²) in [6.45, 7) is 12.6. The molecule has 0 heterocycles. The van der Waals surface area contributed by atoms with Crippen molar-refractivity contribution in [2.75, 3.05) is 0 Å². The zero-order chi connectivity index (χ0) is 19.1. The van der Waals surface area contributed by atoms with Gasteiger partial charge in [-0.2, -0.15) is 0 Å². The van der Waals surface area contributed by atoms with E-state index >= 15 is 0 Å². The predicted molar refractivity (Wildman–Crippen MR) is 99.5 cm³/mol. The molecule has 2 rings (SSSR count). The Morgan fingerprint density at radius 1 is 0.800 bits per heavy atom. The van der Waals surface area contributed by atoms with Gasteiger partial charge in [-0.1, -0.05) is 17.7 Å². The van der Waals surface area contributed by atoms with Gasteiger partial charge in [-0.3, -0.25) is 14.2 Å². The van der Waals surface area contributed by atoms with Crippen LogP contribution in [0.25, 0.3) is 0 Å². The topological polar surface area (TPSA) is 71.4 Å². The highest BCUT2D eigenvalue weighted by Crippen LogP contribution is 2.49. The van der Waals surface area contributed by atoms with Gasteiger partial charge in [-0.05, 0) is 51.8 Å². The lowest BCUT2D eigenvalue weighted by Crippen LogP contribution is -2.15. The van der Waals surface area contributed by atoms with E-state index in [0.717, 1.165) is 11.1 Å². The predicted octanol–water partition coefficient (Wildman–Crippen LogP) is 4.66. The molecule has 130 valence electrons. The average molecular weight is 357 g/mol. The molecule has 2 aromatic carbocycles. The number of rotatable bonds is 4. The number of benzene rings is 2. The van der Waals surface area contributed by atoms with E-state index in [2.05, 4.69) is 6.92 Å². The summed E-state index contributed by atoms with van der Waals surface area (Å²) < 4.78 is 12.8. The first-order chi connectivity index (χ1) is 11.5. The van der Waals surface area contributed by atoms with Crippen LogP contribution in [0.15, 0.2) is 24.3 Å². The number of carbonyl (C=O) groups is 2. The Morgan fingerprint density at radius 2 is 1.16 bits per heavy atom. The quantitative estimate of drug-likeness (QED) is 0.638. The van der Waals surface area contributed by atoms with E-state index in [4.69, 9.17) is 0 Å². The maximum Gasteiger partial charge on any atom is 0.351 e. The normalized spacial score (nSPS) is 13.4. The third-order valence-corrected chi connectivity index (χ3v) is 5.77. The Bertz CT molecular complexity index is 821. The third-order valence-electron chi connectivity index (χ3n) is 4.22. The second-order valence-electron chi connectivity index (χ2n) is 6.58. The second kappa shape index (κ2) is 6.62. The lowest BCUT2D eigenvalue weighted by Gasteiger charge is -2.14. The summed E-state index contributed by atoms with van der Waals surface area (Å²) in [5.41, 5.74) is 2.00. The molecule has 1 atom stereocenters. The van der Waals surface area contributed by atoms with Gasteiger partial charge in [0.25, 0.3) is 5.52 Å². The Morgan fingerprint density at radius 3 is 1.60 bits per heavy atom. The minimum atomic E-state index is -4.77. The summed E-state index contributed by atoms with van der Waals surface area (Å²) in [5, 5.41) is 0. The van der Waals surface area contributed by atoms with Crippen LogP contribution >= 0.6 is 7.37 Å². The van der Waals surface area contributed by atoms with Gasteiger partial charge in [0.05, 0.1) is 0 Å². The molecule has 4 nitrogen and oxygen atoms in total. The fourth-order valence-corrected chi connectivity index (χ4v) is 4.74. The van der Waals surface area contributed by atoms with Gasteiger partial charge in [0.1, 0.15) is 11.1 Å². The zero-order valence-electron chi connectivity index (χ0n) is 15.1. The summed E-state index contributed by atoms with van der Waals surface area (Å²) >= 11 is 0. The van der Waals surface area contributed by atoms with Crippen LogP contribution < -0.4 is 0 Å². The van der Waals surface area contributed by atoms with Gasteiger partial charge < -0.3 is 4.89 Å². The molecule has 2 aromatic rings. The van der Waals surface area contributed by atoms with Crippen molar-refractivity contribution in [3.63, 3.8) is 0 Å². The maximum absolute atomic E-state index is 12.8. The van der Waals surface area contributed by atoms with Crippen LogP contribution in [0.3, 0.4) is 0 Å². The van der Waals surface area contributed by atoms with E-state index in [1.54, 1.807) is 45.0 Å². The molecule has 0 aliphatic carbocycles.